The van der Waals surface area contributed by atoms with E-state index >= 15 is 0 Å². The third-order valence-corrected chi connectivity index (χ3v) is 2.35. The van der Waals surface area contributed by atoms with E-state index in [1.807, 2.05) is 31.2 Å². The van der Waals surface area contributed by atoms with E-state index < -0.39 is 0 Å². The minimum atomic E-state index is -0.322. The molecule has 0 aromatic heterocycles. The largest absolute Gasteiger partial charge is 0.497 e. The number of esters is 1. The first-order valence-electron chi connectivity index (χ1n) is 5.87. The molecular weight excluding hydrogens is 230 g/mol. The summed E-state index contributed by atoms with van der Waals surface area (Å²) in [6.07, 6.45) is 1.45. The van der Waals surface area contributed by atoms with Crippen molar-refractivity contribution in [2.24, 2.45) is 0 Å². The number of benzene rings is 1. The van der Waals surface area contributed by atoms with Crippen LogP contribution < -0.4 is 10.1 Å². The van der Waals surface area contributed by atoms with Gasteiger partial charge in [-0.1, -0.05) is 12.1 Å². The van der Waals surface area contributed by atoms with Crippen LogP contribution in [0.15, 0.2) is 36.0 Å². The summed E-state index contributed by atoms with van der Waals surface area (Å²) in [7, 11) is 1.64. The van der Waals surface area contributed by atoms with Crippen LogP contribution in [0.1, 0.15) is 19.4 Å². The lowest BCUT2D eigenvalue weighted by atomic mass is 10.2. The Morgan fingerprint density at radius 3 is 2.56 bits per heavy atom. The number of rotatable bonds is 6. The third-order valence-electron chi connectivity index (χ3n) is 2.35. The minimum absolute atomic E-state index is 0.322. The highest BCUT2D eigenvalue weighted by molar-refractivity contribution is 5.82. The third kappa shape index (κ3) is 4.91. The first-order chi connectivity index (χ1) is 8.65. The van der Waals surface area contributed by atoms with Crippen LogP contribution >= 0.6 is 0 Å². The normalized spacial score (nSPS) is 10.9. The number of carbonyl (C=O) groups is 1. The van der Waals surface area contributed by atoms with Crippen molar-refractivity contribution in [3.63, 3.8) is 0 Å². The second-order valence-electron chi connectivity index (χ2n) is 3.78. The van der Waals surface area contributed by atoms with E-state index in [4.69, 9.17) is 9.47 Å². The summed E-state index contributed by atoms with van der Waals surface area (Å²) in [5, 5.41) is 3.15. The summed E-state index contributed by atoms with van der Waals surface area (Å²) in [5.74, 6) is 0.509. The molecular formula is C14H19NO3. The van der Waals surface area contributed by atoms with E-state index in [-0.39, 0.29) is 5.97 Å². The molecule has 4 nitrogen and oxygen atoms in total. The summed E-state index contributed by atoms with van der Waals surface area (Å²) >= 11 is 0. The molecule has 0 radical (unpaired) electrons. The van der Waals surface area contributed by atoms with Gasteiger partial charge in [-0.05, 0) is 31.5 Å². The number of allylic oxidation sites excluding steroid dienone is 1. The first kappa shape index (κ1) is 14.1. The zero-order valence-corrected chi connectivity index (χ0v) is 11.0. The number of hydrogen-bond donors (Lipinski definition) is 1. The Morgan fingerprint density at radius 1 is 1.33 bits per heavy atom. The van der Waals surface area contributed by atoms with Crippen LogP contribution in [-0.4, -0.2) is 19.7 Å². The molecule has 0 atom stereocenters. The van der Waals surface area contributed by atoms with Crippen LogP contribution in [0.4, 0.5) is 0 Å². The molecule has 1 rings (SSSR count). The second kappa shape index (κ2) is 7.37. The zero-order valence-electron chi connectivity index (χ0n) is 11.0. The predicted molar refractivity (Wildman–Crippen MR) is 70.2 cm³/mol. The number of methoxy groups -OCH3 is 1. The van der Waals surface area contributed by atoms with Gasteiger partial charge in [0.25, 0.3) is 0 Å². The van der Waals surface area contributed by atoms with Crippen molar-refractivity contribution < 1.29 is 14.3 Å². The van der Waals surface area contributed by atoms with Gasteiger partial charge in [0.05, 0.1) is 13.7 Å². The van der Waals surface area contributed by atoms with Crippen LogP contribution in [0.2, 0.25) is 0 Å². The molecule has 0 aliphatic carbocycles. The predicted octanol–water partition coefficient (Wildman–Crippen LogP) is 2.25. The maximum atomic E-state index is 11.2. The molecule has 0 unspecified atom stereocenters. The van der Waals surface area contributed by atoms with Gasteiger partial charge in [-0.2, -0.15) is 0 Å². The van der Waals surface area contributed by atoms with Gasteiger partial charge in [0.2, 0.25) is 0 Å². The molecule has 0 bridgehead atoms. The standard InChI is InChI=1S/C14H19NO3/c1-4-18-14(16)9-11(2)15-10-12-5-7-13(17-3)8-6-12/h5-9,15H,4,10H2,1-3H3/b11-9+. The van der Waals surface area contributed by atoms with Gasteiger partial charge in [-0.3, -0.25) is 0 Å². The van der Waals surface area contributed by atoms with E-state index in [1.54, 1.807) is 14.0 Å². The molecule has 98 valence electrons. The highest BCUT2D eigenvalue weighted by Crippen LogP contribution is 2.11. The fourth-order valence-corrected chi connectivity index (χ4v) is 1.40. The van der Waals surface area contributed by atoms with Gasteiger partial charge in [0.1, 0.15) is 5.75 Å². The molecule has 0 fully saturated rings. The molecule has 0 saturated carbocycles. The molecule has 0 aliphatic rings. The van der Waals surface area contributed by atoms with Gasteiger partial charge in [0, 0.05) is 18.3 Å². The molecule has 0 saturated heterocycles. The van der Waals surface area contributed by atoms with Crippen molar-refractivity contribution in [3.8, 4) is 5.75 Å². The number of hydrogen-bond acceptors (Lipinski definition) is 4. The Labute approximate surface area is 108 Å². The maximum Gasteiger partial charge on any atom is 0.332 e. The summed E-state index contributed by atoms with van der Waals surface area (Å²) in [6, 6.07) is 7.76. The smallest absolute Gasteiger partial charge is 0.332 e. The number of nitrogens with one attached hydrogen (secondary N) is 1. The molecule has 18 heavy (non-hydrogen) atoms. The van der Waals surface area contributed by atoms with Crippen LogP contribution in [0.3, 0.4) is 0 Å². The van der Waals surface area contributed by atoms with Crippen LogP contribution in [-0.2, 0) is 16.1 Å². The van der Waals surface area contributed by atoms with Gasteiger partial charge >= 0.3 is 5.97 Å². The fourth-order valence-electron chi connectivity index (χ4n) is 1.40. The van der Waals surface area contributed by atoms with Gasteiger partial charge < -0.3 is 14.8 Å². The highest BCUT2D eigenvalue weighted by atomic mass is 16.5. The molecule has 0 heterocycles. The molecule has 1 aromatic carbocycles. The Balaban J connectivity index is 2.46. The molecule has 0 aliphatic heterocycles. The maximum absolute atomic E-state index is 11.2. The summed E-state index contributed by atoms with van der Waals surface area (Å²) in [5.41, 5.74) is 1.90. The lowest BCUT2D eigenvalue weighted by Crippen LogP contribution is -2.12. The summed E-state index contributed by atoms with van der Waals surface area (Å²) < 4.78 is 9.90. The van der Waals surface area contributed by atoms with Crippen molar-refractivity contribution in [2.75, 3.05) is 13.7 Å². The number of carbonyl (C=O) groups excluding carboxylic acids is 1. The van der Waals surface area contributed by atoms with Gasteiger partial charge in [-0.25, -0.2) is 4.79 Å². The average Bonchev–Trinajstić information content (AvgIpc) is 2.37. The average molecular weight is 249 g/mol. The van der Waals surface area contributed by atoms with Crippen LogP contribution in [0.25, 0.3) is 0 Å². The van der Waals surface area contributed by atoms with Crippen molar-refractivity contribution >= 4 is 5.97 Å². The Morgan fingerprint density at radius 2 is 2.00 bits per heavy atom. The molecule has 0 spiro atoms. The number of ether oxygens (including phenoxy) is 2. The van der Waals surface area contributed by atoms with Crippen molar-refractivity contribution in [3.05, 3.63) is 41.6 Å². The quantitative estimate of drug-likeness (QED) is 0.620. The van der Waals surface area contributed by atoms with E-state index in [0.717, 1.165) is 17.0 Å². The fraction of sp³-hybridized carbons (Fsp3) is 0.357. The van der Waals surface area contributed by atoms with E-state index in [9.17, 15) is 4.79 Å². The monoisotopic (exact) mass is 249 g/mol. The Hall–Kier alpha value is -1.97. The molecule has 1 aromatic rings. The lowest BCUT2D eigenvalue weighted by Gasteiger charge is -2.07. The molecule has 1 N–H and O–H groups in total. The summed E-state index contributed by atoms with van der Waals surface area (Å²) in [4.78, 5) is 11.2. The van der Waals surface area contributed by atoms with E-state index in [0.29, 0.717) is 13.2 Å². The van der Waals surface area contributed by atoms with Crippen molar-refractivity contribution in [1.82, 2.24) is 5.32 Å². The molecule has 0 amide bonds. The summed E-state index contributed by atoms with van der Waals surface area (Å²) in [6.45, 7) is 4.67. The van der Waals surface area contributed by atoms with E-state index in [1.165, 1.54) is 6.08 Å². The Kier molecular flexibility index (Phi) is 5.77. The zero-order chi connectivity index (χ0) is 13.4. The first-order valence-corrected chi connectivity index (χ1v) is 5.87. The topological polar surface area (TPSA) is 47.6 Å². The van der Waals surface area contributed by atoms with Crippen LogP contribution in [0, 0.1) is 0 Å². The van der Waals surface area contributed by atoms with Crippen molar-refractivity contribution in [1.29, 1.82) is 0 Å². The van der Waals surface area contributed by atoms with Gasteiger partial charge in [-0.15, -0.1) is 0 Å². The van der Waals surface area contributed by atoms with Crippen LogP contribution in [0.5, 0.6) is 5.75 Å². The minimum Gasteiger partial charge on any atom is -0.497 e. The van der Waals surface area contributed by atoms with Crippen molar-refractivity contribution in [2.45, 2.75) is 20.4 Å². The lowest BCUT2D eigenvalue weighted by molar-refractivity contribution is -0.137. The Bertz CT molecular complexity index is 410. The SMILES string of the molecule is CCOC(=O)/C=C(\C)NCc1ccc(OC)cc1. The molecule has 4 heteroatoms. The van der Waals surface area contributed by atoms with E-state index in [2.05, 4.69) is 5.32 Å². The highest BCUT2D eigenvalue weighted by Gasteiger charge is 1.98. The van der Waals surface area contributed by atoms with Gasteiger partial charge in [0.15, 0.2) is 0 Å². The second-order valence-corrected chi connectivity index (χ2v) is 3.78.